The topological polar surface area (TPSA) is 15.3 Å². The first-order valence-electron chi connectivity index (χ1n) is 6.89. The highest BCUT2D eigenvalue weighted by Gasteiger charge is 1.89. The average Bonchev–Trinajstić information content (AvgIpc) is 2.21. The monoisotopic (exact) mass is 232 g/mol. The molecule has 102 valence electrons. The van der Waals surface area contributed by atoms with Crippen LogP contribution in [-0.2, 0) is 0 Å². The van der Waals surface area contributed by atoms with Crippen molar-refractivity contribution >= 4 is 0 Å². The van der Waals surface area contributed by atoms with Gasteiger partial charge in [0.1, 0.15) is 0 Å². The second-order valence-corrected chi connectivity index (χ2v) is 4.34. The van der Waals surface area contributed by atoms with E-state index >= 15 is 0 Å². The Kier molecular flexibility index (Phi) is 27.0. The van der Waals surface area contributed by atoms with E-state index < -0.39 is 0 Å². The van der Waals surface area contributed by atoms with Crippen LogP contribution < -0.4 is 5.32 Å². The molecule has 0 bridgehead atoms. The summed E-state index contributed by atoms with van der Waals surface area (Å²) < 4.78 is 0. The van der Waals surface area contributed by atoms with Gasteiger partial charge in [-0.25, -0.2) is 0 Å². The maximum Gasteiger partial charge on any atom is -0.00275 e. The van der Waals surface area contributed by atoms with Crippen molar-refractivity contribution in [3.8, 4) is 0 Å². The van der Waals surface area contributed by atoms with E-state index in [0.29, 0.717) is 0 Å². The highest BCUT2D eigenvalue weighted by molar-refractivity contribution is 4.47. The molecule has 0 spiro atoms. The molecule has 0 radical (unpaired) electrons. The first-order chi connectivity index (χ1) is 7.54. The largest absolute Gasteiger partial charge is 0.317 e. The standard InChI is InChI=1S/C7H17N.C5H13N.C2H6/c1-4-8-6-5-7(2)3;1-4-5-6(2)3;1-2/h7-8H,4-6H2,1-3H3;4-5H2,1-3H3;1-2H3. The van der Waals surface area contributed by atoms with Crippen LogP contribution in [0.5, 0.6) is 0 Å². The highest BCUT2D eigenvalue weighted by Crippen LogP contribution is 1.95. The summed E-state index contributed by atoms with van der Waals surface area (Å²) in [5.74, 6) is 0.842. The van der Waals surface area contributed by atoms with Gasteiger partial charge in [-0.05, 0) is 52.5 Å². The number of hydrogen-bond acceptors (Lipinski definition) is 2. The van der Waals surface area contributed by atoms with E-state index in [1.54, 1.807) is 0 Å². The minimum atomic E-state index is 0.842. The smallest absolute Gasteiger partial charge is 0.00275 e. The fourth-order valence-electron chi connectivity index (χ4n) is 1.01. The van der Waals surface area contributed by atoms with Crippen LogP contribution in [0.15, 0.2) is 0 Å². The lowest BCUT2D eigenvalue weighted by Gasteiger charge is -2.03. The van der Waals surface area contributed by atoms with Gasteiger partial charge in [0.2, 0.25) is 0 Å². The van der Waals surface area contributed by atoms with Crippen molar-refractivity contribution in [2.24, 2.45) is 5.92 Å². The zero-order valence-electron chi connectivity index (χ0n) is 13.1. The van der Waals surface area contributed by atoms with Crippen molar-refractivity contribution in [1.82, 2.24) is 10.2 Å². The third-order valence-corrected chi connectivity index (χ3v) is 1.82. The van der Waals surface area contributed by atoms with E-state index in [2.05, 4.69) is 52.0 Å². The van der Waals surface area contributed by atoms with Crippen LogP contribution in [0.3, 0.4) is 0 Å². The van der Waals surface area contributed by atoms with E-state index in [1.165, 1.54) is 25.9 Å². The Hall–Kier alpha value is -0.0800. The molecule has 0 unspecified atom stereocenters. The van der Waals surface area contributed by atoms with Crippen LogP contribution in [-0.4, -0.2) is 38.6 Å². The molecule has 0 atom stereocenters. The molecule has 1 N–H and O–H groups in total. The molecule has 0 amide bonds. The average molecular weight is 232 g/mol. The summed E-state index contributed by atoms with van der Waals surface area (Å²) in [7, 11) is 4.17. The van der Waals surface area contributed by atoms with Gasteiger partial charge in [0, 0.05) is 0 Å². The molecular weight excluding hydrogens is 196 g/mol. The maximum absolute atomic E-state index is 3.28. The van der Waals surface area contributed by atoms with Crippen molar-refractivity contribution in [2.75, 3.05) is 33.7 Å². The van der Waals surface area contributed by atoms with Crippen LogP contribution in [0.4, 0.5) is 0 Å². The maximum atomic E-state index is 3.28. The predicted molar refractivity (Wildman–Crippen MR) is 78.2 cm³/mol. The van der Waals surface area contributed by atoms with Crippen molar-refractivity contribution in [3.63, 3.8) is 0 Å². The molecule has 2 heteroatoms. The molecule has 0 aliphatic rings. The van der Waals surface area contributed by atoms with Gasteiger partial charge >= 0.3 is 0 Å². The SMILES string of the molecule is CC.CCCN(C)C.CCNCCC(C)C. The van der Waals surface area contributed by atoms with Crippen LogP contribution >= 0.6 is 0 Å². The predicted octanol–water partition coefficient (Wildman–Crippen LogP) is 3.63. The summed E-state index contributed by atoms with van der Waals surface area (Å²) >= 11 is 0. The third kappa shape index (κ3) is 37.0. The Balaban J connectivity index is -0.000000188. The van der Waals surface area contributed by atoms with Crippen LogP contribution in [0.2, 0.25) is 0 Å². The summed E-state index contributed by atoms with van der Waals surface area (Å²) in [5.41, 5.74) is 0. The number of rotatable bonds is 6. The van der Waals surface area contributed by atoms with E-state index in [-0.39, 0.29) is 0 Å². The Labute approximate surface area is 105 Å². The van der Waals surface area contributed by atoms with Gasteiger partial charge in [0.15, 0.2) is 0 Å². The Morgan fingerprint density at radius 1 is 1.06 bits per heavy atom. The van der Waals surface area contributed by atoms with Crippen LogP contribution in [0.1, 0.15) is 54.4 Å². The normalized spacial score (nSPS) is 9.38. The lowest BCUT2D eigenvalue weighted by atomic mass is 10.1. The fraction of sp³-hybridized carbons (Fsp3) is 1.00. The van der Waals surface area contributed by atoms with Gasteiger partial charge in [0.05, 0.1) is 0 Å². The number of hydrogen-bond donors (Lipinski definition) is 1. The molecule has 0 saturated heterocycles. The molecule has 0 aromatic heterocycles. The van der Waals surface area contributed by atoms with Gasteiger partial charge in [0.25, 0.3) is 0 Å². The molecule has 0 heterocycles. The van der Waals surface area contributed by atoms with Crippen LogP contribution in [0.25, 0.3) is 0 Å². The van der Waals surface area contributed by atoms with Crippen molar-refractivity contribution in [2.45, 2.75) is 54.4 Å². The molecule has 0 aromatic rings. The molecule has 0 saturated carbocycles. The van der Waals surface area contributed by atoms with Gasteiger partial charge in [-0.2, -0.15) is 0 Å². The second-order valence-electron chi connectivity index (χ2n) is 4.34. The van der Waals surface area contributed by atoms with E-state index in [0.717, 1.165) is 12.5 Å². The molecule has 0 aliphatic heterocycles. The zero-order valence-corrected chi connectivity index (χ0v) is 13.1. The van der Waals surface area contributed by atoms with E-state index in [4.69, 9.17) is 0 Å². The summed E-state index contributed by atoms with van der Waals surface area (Å²) in [6, 6.07) is 0. The lowest BCUT2D eigenvalue weighted by molar-refractivity contribution is 0.408. The molecule has 0 aromatic carbocycles. The van der Waals surface area contributed by atoms with Gasteiger partial charge in [-0.15, -0.1) is 0 Å². The molecule has 0 rings (SSSR count). The molecular formula is C14H36N2. The van der Waals surface area contributed by atoms with E-state index in [1.807, 2.05) is 13.8 Å². The van der Waals surface area contributed by atoms with Gasteiger partial charge in [-0.1, -0.05) is 41.5 Å². The molecule has 2 nitrogen and oxygen atoms in total. The minimum Gasteiger partial charge on any atom is -0.317 e. The Bertz CT molecular complexity index is 90.7. The molecule has 0 aliphatic carbocycles. The number of nitrogens with one attached hydrogen (secondary N) is 1. The Morgan fingerprint density at radius 2 is 1.56 bits per heavy atom. The number of nitrogens with zero attached hydrogens (tertiary/aromatic N) is 1. The fourth-order valence-corrected chi connectivity index (χ4v) is 1.01. The zero-order chi connectivity index (χ0) is 13.4. The molecule has 16 heavy (non-hydrogen) atoms. The summed E-state index contributed by atoms with van der Waals surface area (Å²) in [6.07, 6.45) is 2.56. The first kappa shape index (κ1) is 21.2. The lowest BCUT2D eigenvalue weighted by Crippen LogP contribution is -2.15. The van der Waals surface area contributed by atoms with Crippen LogP contribution in [0, 0.1) is 5.92 Å². The summed E-state index contributed by atoms with van der Waals surface area (Å²) in [5, 5.41) is 3.28. The Morgan fingerprint density at radius 3 is 1.75 bits per heavy atom. The van der Waals surface area contributed by atoms with Gasteiger partial charge in [-0.3, -0.25) is 0 Å². The quantitative estimate of drug-likeness (QED) is 0.704. The third-order valence-electron chi connectivity index (χ3n) is 1.82. The van der Waals surface area contributed by atoms with Crippen molar-refractivity contribution < 1.29 is 0 Å². The van der Waals surface area contributed by atoms with Crippen molar-refractivity contribution in [3.05, 3.63) is 0 Å². The van der Waals surface area contributed by atoms with Crippen molar-refractivity contribution in [1.29, 1.82) is 0 Å². The van der Waals surface area contributed by atoms with E-state index in [9.17, 15) is 0 Å². The van der Waals surface area contributed by atoms with Gasteiger partial charge < -0.3 is 10.2 Å². The summed E-state index contributed by atoms with van der Waals surface area (Å²) in [6.45, 7) is 16.3. The summed E-state index contributed by atoms with van der Waals surface area (Å²) in [4.78, 5) is 2.18. The second kappa shape index (κ2) is 20.3. The minimum absolute atomic E-state index is 0.842. The first-order valence-corrected chi connectivity index (χ1v) is 6.89. The highest BCUT2D eigenvalue weighted by atomic mass is 15.0. The molecule has 0 fully saturated rings.